The van der Waals surface area contributed by atoms with Crippen molar-refractivity contribution in [3.63, 3.8) is 0 Å². The number of carbonyl (C=O) groups is 6. The van der Waals surface area contributed by atoms with Crippen molar-refractivity contribution in [2.24, 2.45) is 5.73 Å². The maximum atomic E-state index is 14.1. The molecular formula is C50H82N4Na2O40P2. The maximum Gasteiger partial charge on any atom is 1.00 e. The van der Waals surface area contributed by atoms with Gasteiger partial charge in [0.1, 0.15) is 128 Å². The number of aliphatic hydroxyl groups excluding tert-OH is 13. The van der Waals surface area contributed by atoms with Crippen molar-refractivity contribution in [2.45, 2.75) is 226 Å². The molecule has 554 valence electrons. The smallest absolute Gasteiger partial charge is 0.756 e. The van der Waals surface area contributed by atoms with Crippen LogP contribution in [0.5, 0.6) is 0 Å². The molecular weight excluding hydrogens is 1400 g/mol. The molecule has 0 aromatic heterocycles. The third-order valence-corrected chi connectivity index (χ3v) is 17.2. The monoisotopic (exact) mass is 1490 g/mol. The number of ether oxygens (including phenoxy) is 13. The van der Waals surface area contributed by atoms with Crippen molar-refractivity contribution < 1.29 is 253 Å². The molecule has 6 aliphatic heterocycles. The van der Waals surface area contributed by atoms with Crippen molar-refractivity contribution >= 4 is 51.3 Å². The zero-order chi connectivity index (χ0) is 71.6. The minimum atomic E-state index is -6.26. The molecule has 0 spiro atoms. The summed E-state index contributed by atoms with van der Waals surface area (Å²) in [5, 5.41) is 148. The van der Waals surface area contributed by atoms with Gasteiger partial charge in [-0.25, -0.2) is 0 Å². The molecule has 6 heterocycles. The van der Waals surface area contributed by atoms with Gasteiger partial charge in [0, 0.05) is 48.1 Å². The summed E-state index contributed by atoms with van der Waals surface area (Å²) in [6.07, 6.45) is -57.2. The van der Waals surface area contributed by atoms with E-state index in [2.05, 4.69) is 16.0 Å². The molecule has 48 heteroatoms. The summed E-state index contributed by atoms with van der Waals surface area (Å²) in [4.78, 5) is 104. The molecule has 44 nitrogen and oxygen atoms in total. The van der Waals surface area contributed by atoms with Crippen LogP contribution in [-0.4, -0.2) is 339 Å². The van der Waals surface area contributed by atoms with Gasteiger partial charge in [-0.15, -0.1) is 0 Å². The van der Waals surface area contributed by atoms with Crippen molar-refractivity contribution in [3.8, 4) is 0 Å². The van der Waals surface area contributed by atoms with E-state index < -0.39 is 275 Å². The van der Waals surface area contributed by atoms with Gasteiger partial charge in [-0.2, -0.15) is 0 Å². The maximum absolute atomic E-state index is 14.1. The number of hydrogen-bond donors (Lipinski definition) is 17. The molecule has 0 aliphatic carbocycles. The molecule has 98 heavy (non-hydrogen) atoms. The Morgan fingerprint density at radius 2 is 0.633 bits per heavy atom. The Bertz CT molecular complexity index is 2700. The summed E-state index contributed by atoms with van der Waals surface area (Å²) >= 11 is 0. The van der Waals surface area contributed by atoms with E-state index >= 15 is 0 Å². The summed E-state index contributed by atoms with van der Waals surface area (Å²) in [7, 11) is -12.5. The molecule has 0 radical (unpaired) electrons. The van der Waals surface area contributed by atoms with Crippen molar-refractivity contribution in [1.82, 2.24) is 16.0 Å². The summed E-state index contributed by atoms with van der Waals surface area (Å²) in [6, 6.07) is -5.73. The number of nitrogens with one attached hydrogen (secondary N) is 3. The Labute approximate surface area is 600 Å². The van der Waals surface area contributed by atoms with E-state index in [1.54, 1.807) is 0 Å². The first kappa shape index (κ1) is 88.5. The molecule has 0 saturated carbocycles. The Kier molecular flexibility index (Phi) is 35.6. The third kappa shape index (κ3) is 22.6. The number of carbonyl (C=O) groups excluding carboxylic acids is 6. The van der Waals surface area contributed by atoms with E-state index in [4.69, 9.17) is 85.4 Å². The van der Waals surface area contributed by atoms with Gasteiger partial charge in [0.05, 0.1) is 46.2 Å². The molecule has 2 unspecified atom stereocenters. The number of amides is 3. The number of esters is 3. The van der Waals surface area contributed by atoms with Gasteiger partial charge >= 0.3 is 77.0 Å². The van der Waals surface area contributed by atoms with Crippen LogP contribution in [0.1, 0.15) is 41.5 Å². The topological polar surface area (TPSA) is 665 Å². The SMILES string of the molecule is CC(=O)N[C@H]1[C@H](O[C@H]2[C@@H](O)[C@@H](CO)O[C@H](OP(=O)([O-])O[C@H]3[C@H](OC(C)=O)[C@@H](NC(C)=O)[C@H](O[C@H]4[C@@H](O)[C@@H](CO)O[C@H](OCCN)[C@@H]4O)O[C@@H]3CO)[C@@H]2O)O[C@H](CO)[C@@H](OP(=O)([O-])O[C@H]2O[C@H](CO)[C@H](O)[C@H](O[C@@H]3O[C@H](CO)[C@@H](O)[C@H](OC(C)=O)[C@H]3NC(C)=O)[C@H]2O)[C@@H]1OC(C)=O.[Na+].[Na+]. The van der Waals surface area contributed by atoms with Crippen molar-refractivity contribution in [3.05, 3.63) is 0 Å². The first-order valence-corrected chi connectivity index (χ1v) is 32.3. The van der Waals surface area contributed by atoms with Gasteiger partial charge in [-0.1, -0.05) is 0 Å². The van der Waals surface area contributed by atoms with Gasteiger partial charge in [-0.05, 0) is 0 Å². The fourth-order valence-corrected chi connectivity index (χ4v) is 13.2. The second-order valence-electron chi connectivity index (χ2n) is 22.4. The van der Waals surface area contributed by atoms with Gasteiger partial charge < -0.3 is 168 Å². The molecule has 3 amide bonds. The molecule has 6 aliphatic rings. The number of phosphoric acid groups is 2. The number of rotatable bonds is 29. The molecule has 0 aromatic rings. The Morgan fingerprint density at radius 3 is 0.918 bits per heavy atom. The predicted molar refractivity (Wildman–Crippen MR) is 293 cm³/mol. The summed E-state index contributed by atoms with van der Waals surface area (Å²) < 4.78 is 121. The molecule has 18 N–H and O–H groups in total. The number of hydrogen-bond acceptors (Lipinski definition) is 41. The fraction of sp³-hybridized carbons (Fsp3) is 0.880. The summed E-state index contributed by atoms with van der Waals surface area (Å²) in [5.74, 6) is -6.37. The van der Waals surface area contributed by atoms with Crippen molar-refractivity contribution in [1.29, 1.82) is 0 Å². The Balaban J connectivity index is 0.0000102. The second-order valence-corrected chi connectivity index (χ2v) is 25.0. The number of nitrogens with two attached hydrogens (primary N) is 1. The standard InChI is InChI=1S/C50H84N4O40P2.2Na/c1-15(61)52-27-39(79-18(4)64)30(67)21(9-55)82-45(27)89-43-32(69)23(11-57)84-49(35(43)72)93-95(74,75)92-38-26(14-60)87-47(29(54-17(3)63)41(38)81-20(6)66)90-44-33(70)24(12-58)85-50(36(44)73)94-96(76,77)91-37-25(13-59)86-46(28(53-16(2)62)40(37)80-19(5)65)88-42-31(68)22(10-56)83-48(34(42)71)78-8-7-51;;/h21-50,55-60,67-73H,7-14,51H2,1-6H3,(H,52,61)(H,53,62)(H,54,63)(H,74,75)(H,76,77);;/q;2*+1/p-2/t21-,22-,23-,24-,25-,26-,27-,28-,29-,30-,31+,32+,33+,34-,35-,36-,37-,38-,39-,40-,41-,42+,43+,44+,45+,46+,47+,48+,49-,50-;;/m1../s1. The first-order valence-electron chi connectivity index (χ1n) is 29.4. The van der Waals surface area contributed by atoms with Crippen LogP contribution in [0.3, 0.4) is 0 Å². The van der Waals surface area contributed by atoms with Gasteiger partial charge in [0.25, 0.3) is 15.6 Å². The quantitative estimate of drug-likeness (QED) is 0.0143. The molecule has 6 saturated heterocycles. The van der Waals surface area contributed by atoms with E-state index in [-0.39, 0.29) is 72.3 Å². The minimum Gasteiger partial charge on any atom is -0.756 e. The van der Waals surface area contributed by atoms with Crippen LogP contribution in [0.15, 0.2) is 0 Å². The van der Waals surface area contributed by atoms with Crippen LogP contribution >= 0.6 is 15.6 Å². The van der Waals surface area contributed by atoms with E-state index in [1.807, 2.05) is 0 Å². The number of phosphoric ester groups is 2. The van der Waals surface area contributed by atoms with Crippen LogP contribution in [0, 0.1) is 0 Å². The van der Waals surface area contributed by atoms with E-state index in [9.17, 15) is 114 Å². The molecule has 0 bridgehead atoms. The zero-order valence-corrected chi connectivity index (χ0v) is 59.6. The van der Waals surface area contributed by atoms with Crippen LogP contribution in [-0.2, 0) is 118 Å². The number of aliphatic hydroxyl groups is 13. The molecule has 32 atom stereocenters. The molecule has 6 rings (SSSR count). The normalized spacial score (nSPS) is 40.9. The fourth-order valence-electron chi connectivity index (χ4n) is 11.1. The molecule has 6 fully saturated rings. The second kappa shape index (κ2) is 39.4. The average Bonchev–Trinajstić information content (AvgIpc) is 0.773. The Hall–Kier alpha value is -1.92. The van der Waals surface area contributed by atoms with Gasteiger partial charge in [0.2, 0.25) is 17.7 Å². The molecule has 0 aromatic carbocycles. The van der Waals surface area contributed by atoms with E-state index in [0.29, 0.717) is 0 Å². The Morgan fingerprint density at radius 1 is 0.378 bits per heavy atom. The summed E-state index contributed by atoms with van der Waals surface area (Å²) in [6.45, 7) is -2.01. The average molecular weight is 1490 g/mol. The van der Waals surface area contributed by atoms with Crippen LogP contribution in [0.4, 0.5) is 0 Å². The van der Waals surface area contributed by atoms with Crippen molar-refractivity contribution in [2.75, 3.05) is 52.8 Å². The van der Waals surface area contributed by atoms with Crippen LogP contribution < -0.4 is 90.6 Å². The van der Waals surface area contributed by atoms with Crippen LogP contribution in [0.25, 0.3) is 0 Å². The van der Waals surface area contributed by atoms with Gasteiger partial charge in [0.15, 0.2) is 56.1 Å². The van der Waals surface area contributed by atoms with E-state index in [1.165, 1.54) is 0 Å². The first-order chi connectivity index (χ1) is 45.1. The minimum absolute atomic E-state index is 0. The predicted octanol–water partition coefficient (Wildman–Crippen LogP) is -19.0. The van der Waals surface area contributed by atoms with Gasteiger partial charge in [-0.3, -0.25) is 46.9 Å². The van der Waals surface area contributed by atoms with E-state index in [0.717, 1.165) is 41.5 Å². The van der Waals surface area contributed by atoms with Crippen LogP contribution in [0.2, 0.25) is 0 Å². The summed E-state index contributed by atoms with van der Waals surface area (Å²) in [5.41, 5.74) is 5.50. The largest absolute Gasteiger partial charge is 1.00 e. The third-order valence-electron chi connectivity index (χ3n) is 15.2. The zero-order valence-electron chi connectivity index (χ0n) is 53.8.